The number of benzene rings is 1. The van der Waals surface area contributed by atoms with Crippen LogP contribution < -0.4 is 11.1 Å². The number of amides is 2. The molecule has 7 nitrogen and oxygen atoms in total. The maximum absolute atomic E-state index is 12.6. The quantitative estimate of drug-likeness (QED) is 0.778. The van der Waals surface area contributed by atoms with Crippen LogP contribution in [0.25, 0.3) is 0 Å². The molecule has 1 saturated heterocycles. The van der Waals surface area contributed by atoms with Crippen molar-refractivity contribution in [3.05, 3.63) is 35.4 Å². The molecule has 1 saturated carbocycles. The van der Waals surface area contributed by atoms with Gasteiger partial charge in [-0.3, -0.25) is 14.5 Å². The molecule has 1 aromatic rings. The molecule has 27 heavy (non-hydrogen) atoms. The van der Waals surface area contributed by atoms with Gasteiger partial charge in [0.15, 0.2) is 0 Å². The number of nitrogens with two attached hydrogens (primary N) is 1. The lowest BCUT2D eigenvalue weighted by Gasteiger charge is -2.36. The molecule has 3 rings (SSSR count). The number of carbonyl (C=O) groups is 2. The Balaban J connectivity index is 1.62. The van der Waals surface area contributed by atoms with Gasteiger partial charge in [0.25, 0.3) is 0 Å². The molecule has 0 radical (unpaired) electrons. The van der Waals surface area contributed by atoms with Crippen LogP contribution in [0.4, 0.5) is 0 Å². The summed E-state index contributed by atoms with van der Waals surface area (Å²) in [5.74, 6) is -0.598. The van der Waals surface area contributed by atoms with E-state index in [2.05, 4.69) is 16.3 Å². The van der Waals surface area contributed by atoms with Crippen molar-refractivity contribution in [2.24, 2.45) is 5.73 Å². The Morgan fingerprint density at radius 3 is 2.63 bits per heavy atom. The Morgan fingerprint density at radius 1 is 1.30 bits per heavy atom. The van der Waals surface area contributed by atoms with E-state index in [1.54, 1.807) is 12.1 Å². The number of hydrogen-bond donors (Lipinski definition) is 2. The monoisotopic (exact) mass is 370 g/mol. The van der Waals surface area contributed by atoms with E-state index >= 15 is 0 Å². The van der Waals surface area contributed by atoms with Crippen molar-refractivity contribution < 1.29 is 14.3 Å². The van der Waals surface area contributed by atoms with Crippen LogP contribution >= 0.6 is 0 Å². The molecule has 0 bridgehead atoms. The highest BCUT2D eigenvalue weighted by molar-refractivity contribution is 5.90. The van der Waals surface area contributed by atoms with Crippen LogP contribution in [0.3, 0.4) is 0 Å². The van der Waals surface area contributed by atoms with E-state index in [0.29, 0.717) is 38.2 Å². The average Bonchev–Trinajstić information content (AvgIpc) is 3.14. The highest BCUT2D eigenvalue weighted by Gasteiger charge is 2.41. The third-order valence-electron chi connectivity index (χ3n) is 5.55. The van der Waals surface area contributed by atoms with Gasteiger partial charge in [0.1, 0.15) is 5.54 Å². The van der Waals surface area contributed by atoms with Gasteiger partial charge >= 0.3 is 0 Å². The first-order valence-electron chi connectivity index (χ1n) is 9.44. The fourth-order valence-corrected chi connectivity index (χ4v) is 3.95. The summed E-state index contributed by atoms with van der Waals surface area (Å²) in [5.41, 5.74) is 6.39. The van der Waals surface area contributed by atoms with Crippen LogP contribution in [0.5, 0.6) is 0 Å². The number of primary amides is 1. The summed E-state index contributed by atoms with van der Waals surface area (Å²) in [4.78, 5) is 26.7. The summed E-state index contributed by atoms with van der Waals surface area (Å²) >= 11 is 0. The molecular weight excluding hydrogens is 344 g/mol. The molecule has 3 N–H and O–H groups in total. The zero-order valence-corrected chi connectivity index (χ0v) is 15.4. The SMILES string of the molecule is N#Cc1ccc(CN2CCOC[C@H]2CC(=O)NC2(C(N)=O)CCCC2)cc1. The summed E-state index contributed by atoms with van der Waals surface area (Å²) in [6.07, 6.45) is 3.31. The van der Waals surface area contributed by atoms with E-state index in [1.165, 1.54) is 0 Å². The highest BCUT2D eigenvalue weighted by atomic mass is 16.5. The molecule has 1 aliphatic heterocycles. The Morgan fingerprint density at radius 2 is 2.00 bits per heavy atom. The number of carbonyl (C=O) groups excluding carboxylic acids is 2. The summed E-state index contributed by atoms with van der Waals surface area (Å²) in [6.45, 7) is 2.53. The Labute approximate surface area is 159 Å². The predicted octanol–water partition coefficient (Wildman–Crippen LogP) is 1.06. The molecule has 2 fully saturated rings. The number of ether oxygens (including phenoxy) is 1. The smallest absolute Gasteiger partial charge is 0.243 e. The van der Waals surface area contributed by atoms with Crippen LogP contribution in [0, 0.1) is 11.3 Å². The highest BCUT2D eigenvalue weighted by Crippen LogP contribution is 2.29. The van der Waals surface area contributed by atoms with Crippen molar-refractivity contribution in [2.45, 2.75) is 50.2 Å². The molecule has 1 atom stereocenters. The van der Waals surface area contributed by atoms with Crippen LogP contribution in [-0.2, 0) is 20.9 Å². The van der Waals surface area contributed by atoms with Gasteiger partial charge in [-0.15, -0.1) is 0 Å². The maximum atomic E-state index is 12.6. The minimum Gasteiger partial charge on any atom is -0.378 e. The summed E-state index contributed by atoms with van der Waals surface area (Å²) in [6, 6.07) is 9.53. The van der Waals surface area contributed by atoms with Gasteiger partial charge < -0.3 is 15.8 Å². The topological polar surface area (TPSA) is 108 Å². The van der Waals surface area contributed by atoms with E-state index in [-0.39, 0.29) is 18.4 Å². The van der Waals surface area contributed by atoms with Crippen molar-refractivity contribution >= 4 is 11.8 Å². The van der Waals surface area contributed by atoms with Gasteiger partial charge in [0, 0.05) is 25.6 Å². The third-order valence-corrected chi connectivity index (χ3v) is 5.55. The third kappa shape index (κ3) is 4.65. The molecule has 2 amide bonds. The van der Waals surface area contributed by atoms with Gasteiger partial charge in [0.2, 0.25) is 11.8 Å². The summed E-state index contributed by atoms with van der Waals surface area (Å²) in [5, 5.41) is 11.8. The standard InChI is InChI=1S/C20H26N4O3/c21-12-15-3-5-16(6-4-15)13-24-9-10-27-14-17(24)11-18(25)23-20(19(22)26)7-1-2-8-20/h3-6,17H,1-2,7-11,13-14H2,(H2,22,26)(H,23,25)/t17-/m1/s1. The first-order valence-corrected chi connectivity index (χ1v) is 9.44. The second kappa shape index (κ2) is 8.51. The average molecular weight is 370 g/mol. The molecule has 1 aliphatic carbocycles. The molecule has 0 spiro atoms. The zero-order valence-electron chi connectivity index (χ0n) is 15.4. The van der Waals surface area contributed by atoms with Crippen molar-refractivity contribution in [3.63, 3.8) is 0 Å². The molecule has 7 heteroatoms. The van der Waals surface area contributed by atoms with Gasteiger partial charge in [0.05, 0.1) is 24.8 Å². The Hall–Kier alpha value is -2.43. The molecule has 2 aliphatic rings. The van der Waals surface area contributed by atoms with Crippen molar-refractivity contribution in [3.8, 4) is 6.07 Å². The maximum Gasteiger partial charge on any atom is 0.243 e. The zero-order chi connectivity index (χ0) is 19.3. The minimum absolute atomic E-state index is 0.0549. The molecule has 0 aromatic heterocycles. The van der Waals surface area contributed by atoms with Gasteiger partial charge in [-0.05, 0) is 30.5 Å². The summed E-state index contributed by atoms with van der Waals surface area (Å²) in [7, 11) is 0. The van der Waals surface area contributed by atoms with E-state index in [1.807, 2.05) is 12.1 Å². The number of hydrogen-bond acceptors (Lipinski definition) is 5. The number of nitriles is 1. The van der Waals surface area contributed by atoms with Crippen LogP contribution in [0.2, 0.25) is 0 Å². The number of nitrogens with zero attached hydrogens (tertiary/aromatic N) is 2. The first-order chi connectivity index (χ1) is 13.0. The second-order valence-corrected chi connectivity index (χ2v) is 7.41. The lowest BCUT2D eigenvalue weighted by atomic mass is 9.96. The van der Waals surface area contributed by atoms with Crippen LogP contribution in [0.15, 0.2) is 24.3 Å². The summed E-state index contributed by atoms with van der Waals surface area (Å²) < 4.78 is 5.57. The van der Waals surface area contributed by atoms with Crippen LogP contribution in [0.1, 0.15) is 43.2 Å². The van der Waals surface area contributed by atoms with Crippen molar-refractivity contribution in [1.82, 2.24) is 10.2 Å². The lowest BCUT2D eigenvalue weighted by Crippen LogP contribution is -2.57. The number of rotatable bonds is 6. The normalized spacial score (nSPS) is 22.1. The predicted molar refractivity (Wildman–Crippen MR) is 99.3 cm³/mol. The van der Waals surface area contributed by atoms with E-state index in [4.69, 9.17) is 15.7 Å². The molecule has 0 unspecified atom stereocenters. The first kappa shape index (κ1) is 19.3. The lowest BCUT2D eigenvalue weighted by molar-refractivity contribution is -0.133. The van der Waals surface area contributed by atoms with Crippen molar-refractivity contribution in [2.75, 3.05) is 19.8 Å². The van der Waals surface area contributed by atoms with Crippen LogP contribution in [-0.4, -0.2) is 48.1 Å². The fourth-order valence-electron chi connectivity index (χ4n) is 3.95. The van der Waals surface area contributed by atoms with E-state index < -0.39 is 11.4 Å². The fraction of sp³-hybridized carbons (Fsp3) is 0.550. The molecular formula is C20H26N4O3. The number of nitrogens with one attached hydrogen (secondary N) is 1. The van der Waals surface area contributed by atoms with E-state index in [0.717, 1.165) is 24.9 Å². The second-order valence-electron chi connectivity index (χ2n) is 7.41. The molecule has 1 aromatic carbocycles. The van der Waals surface area contributed by atoms with E-state index in [9.17, 15) is 9.59 Å². The molecule has 1 heterocycles. The van der Waals surface area contributed by atoms with Crippen molar-refractivity contribution in [1.29, 1.82) is 5.26 Å². The largest absolute Gasteiger partial charge is 0.378 e. The number of morpholine rings is 1. The van der Waals surface area contributed by atoms with Gasteiger partial charge in [-0.1, -0.05) is 25.0 Å². The van der Waals surface area contributed by atoms with Gasteiger partial charge in [-0.25, -0.2) is 0 Å². The molecule has 144 valence electrons. The minimum atomic E-state index is -0.884. The Kier molecular flexibility index (Phi) is 6.09. The Bertz CT molecular complexity index is 720. The van der Waals surface area contributed by atoms with Gasteiger partial charge in [-0.2, -0.15) is 5.26 Å².